The smallest absolute Gasteiger partial charge is 0.00966 e. The van der Waals surface area contributed by atoms with Crippen LogP contribution in [0.1, 0.15) is 60.3 Å². The quantitative estimate of drug-likeness (QED) is 0.748. The van der Waals surface area contributed by atoms with Crippen molar-refractivity contribution in [3.8, 4) is 0 Å². The van der Waals surface area contributed by atoms with Crippen molar-refractivity contribution < 1.29 is 0 Å². The van der Waals surface area contributed by atoms with Crippen LogP contribution >= 0.6 is 0 Å². The molecule has 0 atom stereocenters. The average Bonchev–Trinajstić information content (AvgIpc) is 2.14. The third-order valence-corrected chi connectivity index (χ3v) is 3.76. The zero-order valence-corrected chi connectivity index (χ0v) is 11.3. The summed E-state index contributed by atoms with van der Waals surface area (Å²) >= 11 is 0. The van der Waals surface area contributed by atoms with E-state index in [0.717, 1.165) is 17.8 Å². The molecule has 90 valence electrons. The van der Waals surface area contributed by atoms with E-state index < -0.39 is 0 Å². The SMILES string of the molecule is CC(C)C1CCC(CNC(C)(C)C)CC1. The minimum absolute atomic E-state index is 0.287. The van der Waals surface area contributed by atoms with Crippen molar-refractivity contribution in [2.75, 3.05) is 6.54 Å². The van der Waals surface area contributed by atoms with Gasteiger partial charge in [0.05, 0.1) is 0 Å². The molecule has 0 aromatic rings. The Hall–Kier alpha value is -0.0400. The van der Waals surface area contributed by atoms with Gasteiger partial charge in [-0.15, -0.1) is 0 Å². The summed E-state index contributed by atoms with van der Waals surface area (Å²) in [6, 6.07) is 0. The van der Waals surface area contributed by atoms with Crippen LogP contribution in [-0.2, 0) is 0 Å². The molecular formula is C14H29N. The maximum Gasteiger partial charge on any atom is 0.00966 e. The summed E-state index contributed by atoms with van der Waals surface area (Å²) in [5.41, 5.74) is 0.287. The van der Waals surface area contributed by atoms with Gasteiger partial charge in [0, 0.05) is 5.54 Å². The van der Waals surface area contributed by atoms with Gasteiger partial charge < -0.3 is 5.32 Å². The van der Waals surface area contributed by atoms with E-state index in [2.05, 4.69) is 39.9 Å². The van der Waals surface area contributed by atoms with Crippen LogP contribution < -0.4 is 5.32 Å². The maximum atomic E-state index is 3.64. The predicted octanol–water partition coefficient (Wildman–Crippen LogP) is 3.84. The molecule has 15 heavy (non-hydrogen) atoms. The Morgan fingerprint density at radius 1 is 1.07 bits per heavy atom. The van der Waals surface area contributed by atoms with Crippen molar-refractivity contribution in [2.45, 2.75) is 65.8 Å². The summed E-state index contributed by atoms with van der Waals surface area (Å²) in [5, 5.41) is 3.64. The van der Waals surface area contributed by atoms with Crippen molar-refractivity contribution in [1.82, 2.24) is 5.32 Å². The van der Waals surface area contributed by atoms with Crippen LogP contribution in [0.15, 0.2) is 0 Å². The summed E-state index contributed by atoms with van der Waals surface area (Å²) in [4.78, 5) is 0. The van der Waals surface area contributed by atoms with Crippen molar-refractivity contribution in [3.05, 3.63) is 0 Å². The van der Waals surface area contributed by atoms with Crippen LogP contribution in [0.5, 0.6) is 0 Å². The Morgan fingerprint density at radius 2 is 1.60 bits per heavy atom. The van der Waals surface area contributed by atoms with E-state index in [9.17, 15) is 0 Å². The number of hydrogen-bond acceptors (Lipinski definition) is 1. The molecule has 0 aromatic carbocycles. The first-order valence-electron chi connectivity index (χ1n) is 6.63. The van der Waals surface area contributed by atoms with Gasteiger partial charge in [0.25, 0.3) is 0 Å². The van der Waals surface area contributed by atoms with Crippen molar-refractivity contribution in [3.63, 3.8) is 0 Å². The van der Waals surface area contributed by atoms with E-state index in [1.165, 1.54) is 32.2 Å². The van der Waals surface area contributed by atoms with Gasteiger partial charge in [-0.1, -0.05) is 13.8 Å². The highest BCUT2D eigenvalue weighted by atomic mass is 14.9. The first-order chi connectivity index (χ1) is 6.88. The molecule has 1 heteroatoms. The zero-order chi connectivity index (χ0) is 11.5. The molecule has 0 bridgehead atoms. The maximum absolute atomic E-state index is 3.64. The van der Waals surface area contributed by atoms with Crippen molar-refractivity contribution in [2.24, 2.45) is 17.8 Å². The number of hydrogen-bond donors (Lipinski definition) is 1. The standard InChI is InChI=1S/C14H29N/c1-11(2)13-8-6-12(7-9-13)10-15-14(3,4)5/h11-13,15H,6-10H2,1-5H3. The highest BCUT2D eigenvalue weighted by molar-refractivity contribution is 4.78. The van der Waals surface area contributed by atoms with Crippen LogP contribution in [0.3, 0.4) is 0 Å². The molecule has 0 spiro atoms. The van der Waals surface area contributed by atoms with Gasteiger partial charge in [-0.2, -0.15) is 0 Å². The first kappa shape index (κ1) is 13.0. The molecule has 0 heterocycles. The Balaban J connectivity index is 2.20. The number of nitrogens with one attached hydrogen (secondary N) is 1. The molecule has 1 N–H and O–H groups in total. The fourth-order valence-corrected chi connectivity index (χ4v) is 2.51. The minimum Gasteiger partial charge on any atom is -0.312 e. The van der Waals surface area contributed by atoms with Gasteiger partial charge in [-0.25, -0.2) is 0 Å². The van der Waals surface area contributed by atoms with Gasteiger partial charge >= 0.3 is 0 Å². The van der Waals surface area contributed by atoms with Gasteiger partial charge in [0.2, 0.25) is 0 Å². The van der Waals surface area contributed by atoms with Gasteiger partial charge in [0.1, 0.15) is 0 Å². The Labute approximate surface area is 96.0 Å². The first-order valence-corrected chi connectivity index (χ1v) is 6.63. The molecule has 1 rings (SSSR count). The lowest BCUT2D eigenvalue weighted by atomic mass is 9.77. The largest absolute Gasteiger partial charge is 0.312 e. The van der Waals surface area contributed by atoms with E-state index in [4.69, 9.17) is 0 Å². The Bertz CT molecular complexity index is 170. The van der Waals surface area contributed by atoms with Crippen molar-refractivity contribution >= 4 is 0 Å². The fraction of sp³-hybridized carbons (Fsp3) is 1.00. The fourth-order valence-electron chi connectivity index (χ4n) is 2.51. The molecule has 0 aromatic heterocycles. The van der Waals surface area contributed by atoms with Crippen molar-refractivity contribution in [1.29, 1.82) is 0 Å². The third kappa shape index (κ3) is 5.01. The van der Waals surface area contributed by atoms with Crippen LogP contribution in [0.4, 0.5) is 0 Å². The van der Waals surface area contributed by atoms with Crippen LogP contribution in [0.25, 0.3) is 0 Å². The Morgan fingerprint density at radius 3 is 2.00 bits per heavy atom. The normalized spacial score (nSPS) is 28.4. The molecule has 0 radical (unpaired) electrons. The molecule has 1 saturated carbocycles. The molecule has 0 unspecified atom stereocenters. The molecule has 0 amide bonds. The highest BCUT2D eigenvalue weighted by Crippen LogP contribution is 2.32. The molecule has 1 aliphatic carbocycles. The van der Waals surface area contributed by atoms with E-state index in [1.807, 2.05) is 0 Å². The average molecular weight is 211 g/mol. The van der Waals surface area contributed by atoms with E-state index >= 15 is 0 Å². The molecule has 0 aliphatic heterocycles. The topological polar surface area (TPSA) is 12.0 Å². The zero-order valence-electron chi connectivity index (χ0n) is 11.3. The molecule has 1 aliphatic rings. The molecule has 0 saturated heterocycles. The van der Waals surface area contributed by atoms with E-state index in [0.29, 0.717) is 0 Å². The third-order valence-electron chi connectivity index (χ3n) is 3.76. The summed E-state index contributed by atoms with van der Waals surface area (Å²) in [6.07, 6.45) is 5.78. The lowest BCUT2D eigenvalue weighted by molar-refractivity contribution is 0.211. The predicted molar refractivity (Wildman–Crippen MR) is 68.0 cm³/mol. The van der Waals surface area contributed by atoms with Gasteiger partial charge in [-0.3, -0.25) is 0 Å². The summed E-state index contributed by atoms with van der Waals surface area (Å²) in [7, 11) is 0. The summed E-state index contributed by atoms with van der Waals surface area (Å²) in [6.45, 7) is 12.7. The lowest BCUT2D eigenvalue weighted by Gasteiger charge is -2.32. The lowest BCUT2D eigenvalue weighted by Crippen LogP contribution is -2.40. The monoisotopic (exact) mass is 211 g/mol. The van der Waals surface area contributed by atoms with E-state index in [1.54, 1.807) is 0 Å². The second-order valence-electron chi connectivity index (χ2n) is 6.66. The number of rotatable bonds is 3. The molecule has 1 fully saturated rings. The molecular weight excluding hydrogens is 182 g/mol. The second-order valence-corrected chi connectivity index (χ2v) is 6.66. The van der Waals surface area contributed by atoms with Crippen LogP contribution in [0, 0.1) is 17.8 Å². The summed E-state index contributed by atoms with van der Waals surface area (Å²) < 4.78 is 0. The van der Waals surface area contributed by atoms with Gasteiger partial charge in [0.15, 0.2) is 0 Å². The van der Waals surface area contributed by atoms with Gasteiger partial charge in [-0.05, 0) is 70.8 Å². The second kappa shape index (κ2) is 5.34. The highest BCUT2D eigenvalue weighted by Gasteiger charge is 2.23. The van der Waals surface area contributed by atoms with Crippen LogP contribution in [0.2, 0.25) is 0 Å². The van der Waals surface area contributed by atoms with Crippen LogP contribution in [-0.4, -0.2) is 12.1 Å². The summed E-state index contributed by atoms with van der Waals surface area (Å²) in [5.74, 6) is 2.82. The molecule has 1 nitrogen and oxygen atoms in total. The minimum atomic E-state index is 0.287. The Kier molecular flexibility index (Phi) is 4.64. The van der Waals surface area contributed by atoms with E-state index in [-0.39, 0.29) is 5.54 Å².